The van der Waals surface area contributed by atoms with Crippen molar-refractivity contribution in [2.24, 2.45) is 0 Å². The van der Waals surface area contributed by atoms with E-state index in [9.17, 15) is 0 Å². The standard InChI is InChI=1S/C54H33N7O/c1-4-15-34(16-5-1)40-32-44-48-49(62-54(44)55-33-40)47(35-17-6-2-7-18-35)56-50(57-48)37-27-29-38(30-28-37)52-58-51(36-19-8-3-9-20-36)59-53(60-52)39-21-14-22-41(31-39)61-45-25-12-10-23-42(45)43-24-11-13-26-46(43)61/h1-33H. The van der Waals surface area contributed by atoms with Gasteiger partial charge < -0.3 is 8.98 Å². The van der Waals surface area contributed by atoms with Crippen LogP contribution in [0.5, 0.6) is 0 Å². The number of hydrogen-bond donors (Lipinski definition) is 0. The maximum Gasteiger partial charge on any atom is 0.229 e. The van der Waals surface area contributed by atoms with Crippen LogP contribution >= 0.6 is 0 Å². The van der Waals surface area contributed by atoms with E-state index in [-0.39, 0.29) is 0 Å². The van der Waals surface area contributed by atoms with Crippen LogP contribution in [0.15, 0.2) is 205 Å². The van der Waals surface area contributed by atoms with Gasteiger partial charge in [0.2, 0.25) is 5.71 Å². The van der Waals surface area contributed by atoms with E-state index in [1.54, 1.807) is 0 Å². The fourth-order valence-electron chi connectivity index (χ4n) is 8.34. The highest BCUT2D eigenvalue weighted by Crippen LogP contribution is 2.38. The van der Waals surface area contributed by atoms with Crippen molar-refractivity contribution in [3.63, 3.8) is 0 Å². The number of pyridine rings is 1. The number of nitrogens with zero attached hydrogens (tertiary/aromatic N) is 7. The second kappa shape index (κ2) is 14.6. The molecular formula is C54H33N7O. The Morgan fingerprint density at radius 2 is 0.855 bits per heavy atom. The zero-order valence-corrected chi connectivity index (χ0v) is 33.1. The first-order chi connectivity index (χ1) is 30.7. The minimum absolute atomic E-state index is 0.513. The number of hydrogen-bond acceptors (Lipinski definition) is 7. The normalized spacial score (nSPS) is 11.5. The van der Waals surface area contributed by atoms with Crippen LogP contribution in [0.2, 0.25) is 0 Å². The molecule has 7 aromatic carbocycles. The minimum atomic E-state index is 0.513. The van der Waals surface area contributed by atoms with Crippen LogP contribution < -0.4 is 0 Å². The van der Waals surface area contributed by atoms with Gasteiger partial charge in [0.1, 0.15) is 11.2 Å². The second-order valence-electron chi connectivity index (χ2n) is 15.2. The van der Waals surface area contributed by atoms with E-state index < -0.39 is 0 Å². The van der Waals surface area contributed by atoms with E-state index in [1.165, 1.54) is 10.8 Å². The molecular weight excluding hydrogens is 763 g/mol. The molecule has 0 fully saturated rings. The van der Waals surface area contributed by atoms with Crippen molar-refractivity contribution in [1.82, 2.24) is 34.5 Å². The van der Waals surface area contributed by atoms with E-state index in [0.717, 1.165) is 61.1 Å². The van der Waals surface area contributed by atoms with Gasteiger partial charge in [0.25, 0.3) is 0 Å². The number of aromatic nitrogens is 7. The van der Waals surface area contributed by atoms with Gasteiger partial charge in [-0.15, -0.1) is 0 Å². The summed E-state index contributed by atoms with van der Waals surface area (Å²) < 4.78 is 8.70. The van der Waals surface area contributed by atoms with E-state index in [1.807, 2.05) is 109 Å². The van der Waals surface area contributed by atoms with Crippen LogP contribution in [0, 0.1) is 0 Å². The third kappa shape index (κ3) is 6.09. The molecule has 0 radical (unpaired) electrons. The summed E-state index contributed by atoms with van der Waals surface area (Å²) in [6, 6.07) is 66.0. The van der Waals surface area contributed by atoms with E-state index in [0.29, 0.717) is 45.8 Å². The lowest BCUT2D eigenvalue weighted by Crippen LogP contribution is -2.01. The second-order valence-corrected chi connectivity index (χ2v) is 15.2. The van der Waals surface area contributed by atoms with Gasteiger partial charge in [-0.2, -0.15) is 0 Å². The fourth-order valence-corrected chi connectivity index (χ4v) is 8.34. The highest BCUT2D eigenvalue weighted by atomic mass is 16.3. The smallest absolute Gasteiger partial charge is 0.229 e. The average molecular weight is 796 g/mol. The molecule has 0 saturated heterocycles. The molecule has 0 unspecified atom stereocenters. The van der Waals surface area contributed by atoms with Crippen LogP contribution in [0.1, 0.15) is 0 Å². The number of para-hydroxylation sites is 2. The zero-order chi connectivity index (χ0) is 41.0. The van der Waals surface area contributed by atoms with Crippen molar-refractivity contribution < 1.29 is 4.42 Å². The van der Waals surface area contributed by atoms with Crippen molar-refractivity contribution in [3.05, 3.63) is 200 Å². The zero-order valence-electron chi connectivity index (χ0n) is 33.1. The molecule has 8 nitrogen and oxygen atoms in total. The molecule has 0 saturated carbocycles. The third-order valence-corrected chi connectivity index (χ3v) is 11.3. The molecule has 290 valence electrons. The summed E-state index contributed by atoms with van der Waals surface area (Å²) in [7, 11) is 0. The van der Waals surface area contributed by atoms with Gasteiger partial charge in [-0.05, 0) is 35.9 Å². The van der Waals surface area contributed by atoms with Crippen LogP contribution in [0.25, 0.3) is 118 Å². The summed E-state index contributed by atoms with van der Waals surface area (Å²) >= 11 is 0. The van der Waals surface area contributed by atoms with Gasteiger partial charge in [0.15, 0.2) is 28.9 Å². The monoisotopic (exact) mass is 795 g/mol. The first-order valence-electron chi connectivity index (χ1n) is 20.4. The summed E-state index contributed by atoms with van der Waals surface area (Å²) in [5, 5.41) is 3.24. The summed E-state index contributed by atoms with van der Waals surface area (Å²) in [6.07, 6.45) is 1.84. The molecule has 62 heavy (non-hydrogen) atoms. The Labute approximate surface area is 355 Å². The predicted octanol–water partition coefficient (Wildman–Crippen LogP) is 13.1. The van der Waals surface area contributed by atoms with Crippen molar-refractivity contribution >= 4 is 44.0 Å². The Morgan fingerprint density at radius 1 is 0.355 bits per heavy atom. The van der Waals surface area contributed by atoms with Crippen molar-refractivity contribution in [1.29, 1.82) is 0 Å². The lowest BCUT2D eigenvalue weighted by Gasteiger charge is -2.12. The van der Waals surface area contributed by atoms with Crippen molar-refractivity contribution in [2.45, 2.75) is 0 Å². The number of benzene rings is 7. The van der Waals surface area contributed by atoms with Gasteiger partial charge >= 0.3 is 0 Å². The lowest BCUT2D eigenvalue weighted by molar-refractivity contribution is 0.653. The van der Waals surface area contributed by atoms with Gasteiger partial charge in [0, 0.05) is 56.0 Å². The Bertz CT molecular complexity index is 3570. The van der Waals surface area contributed by atoms with Crippen molar-refractivity contribution in [2.75, 3.05) is 0 Å². The molecule has 0 spiro atoms. The lowest BCUT2D eigenvalue weighted by atomic mass is 10.1. The van der Waals surface area contributed by atoms with Gasteiger partial charge in [-0.25, -0.2) is 29.9 Å². The fraction of sp³-hybridized carbons (Fsp3) is 0. The number of furan rings is 1. The Balaban J connectivity index is 0.974. The van der Waals surface area contributed by atoms with Gasteiger partial charge in [0.05, 0.1) is 16.4 Å². The maximum absolute atomic E-state index is 6.40. The minimum Gasteiger partial charge on any atom is -0.434 e. The molecule has 0 aliphatic rings. The molecule has 0 amide bonds. The molecule has 0 aliphatic heterocycles. The highest BCUT2D eigenvalue weighted by molar-refractivity contribution is 6.09. The molecule has 12 aromatic rings. The SMILES string of the molecule is c1ccc(-c2cnc3oc4c(-c5ccccc5)nc(-c5ccc(-c6nc(-c7ccccc7)nc(-c7cccc(-n8c9ccccc9c9ccccc98)c7)n6)cc5)nc4c3c2)cc1. The molecule has 0 atom stereocenters. The summed E-state index contributed by atoms with van der Waals surface area (Å²) in [5.74, 6) is 2.30. The molecule has 0 bridgehead atoms. The molecule has 8 heteroatoms. The predicted molar refractivity (Wildman–Crippen MR) is 247 cm³/mol. The molecule has 12 rings (SSSR count). The van der Waals surface area contributed by atoms with Crippen LogP contribution in [0.3, 0.4) is 0 Å². The molecule has 5 heterocycles. The highest BCUT2D eigenvalue weighted by Gasteiger charge is 2.21. The summed E-state index contributed by atoms with van der Waals surface area (Å²) in [5.41, 5.74) is 12.3. The van der Waals surface area contributed by atoms with E-state index >= 15 is 0 Å². The number of fused-ring (bicyclic) bond motifs is 6. The quantitative estimate of drug-likeness (QED) is 0.158. The van der Waals surface area contributed by atoms with Gasteiger partial charge in [-0.1, -0.05) is 164 Å². The van der Waals surface area contributed by atoms with Crippen LogP contribution in [-0.2, 0) is 0 Å². The molecule has 5 aromatic heterocycles. The Hall–Kier alpha value is -8.62. The first kappa shape index (κ1) is 35.3. The van der Waals surface area contributed by atoms with Crippen LogP contribution in [0.4, 0.5) is 0 Å². The van der Waals surface area contributed by atoms with Crippen molar-refractivity contribution in [3.8, 4) is 73.6 Å². The third-order valence-electron chi connectivity index (χ3n) is 11.3. The van der Waals surface area contributed by atoms with E-state index in [4.69, 9.17) is 34.3 Å². The summed E-state index contributed by atoms with van der Waals surface area (Å²) in [4.78, 5) is 30.2. The number of rotatable bonds is 7. The van der Waals surface area contributed by atoms with Gasteiger partial charge in [-0.3, -0.25) is 0 Å². The summed E-state index contributed by atoms with van der Waals surface area (Å²) in [6.45, 7) is 0. The first-order valence-corrected chi connectivity index (χ1v) is 20.4. The van der Waals surface area contributed by atoms with E-state index in [2.05, 4.69) is 95.6 Å². The van der Waals surface area contributed by atoms with Crippen LogP contribution in [-0.4, -0.2) is 34.5 Å². The Morgan fingerprint density at radius 3 is 1.48 bits per heavy atom. The largest absolute Gasteiger partial charge is 0.434 e. The Kier molecular flexibility index (Phi) is 8.31. The molecule has 0 aliphatic carbocycles. The average Bonchev–Trinajstić information content (AvgIpc) is 3.90. The maximum atomic E-state index is 6.40. The topological polar surface area (TPSA) is 95.4 Å². The molecule has 0 N–H and O–H groups in total.